The first-order valence-corrected chi connectivity index (χ1v) is 58.3. The monoisotopic (exact) mass is 2040 g/mol. The second-order valence-corrected chi connectivity index (χ2v) is 54.6. The minimum atomic E-state index is -0.276. The van der Waals surface area contributed by atoms with Crippen LogP contribution in [0.15, 0.2) is 480 Å². The normalized spacial score (nSPS) is 16.9. The Bertz CT molecular complexity index is 6100. The molecule has 0 amide bonds. The van der Waals surface area contributed by atoms with Crippen molar-refractivity contribution in [3.8, 4) is 46.0 Å². The number of benzene rings is 15. The van der Waals surface area contributed by atoms with Gasteiger partial charge in [0.25, 0.3) is 0 Å². The van der Waals surface area contributed by atoms with E-state index in [1.807, 2.05) is 0 Å². The van der Waals surface area contributed by atoms with E-state index >= 15 is 0 Å². The van der Waals surface area contributed by atoms with Gasteiger partial charge in [0.1, 0.15) is 90.8 Å². The molecule has 4 bridgehead atoms. The number of ether oxygens (including phenoxy) is 8. The third kappa shape index (κ3) is 31.5. The summed E-state index contributed by atoms with van der Waals surface area (Å²) in [4.78, 5) is 19.6. The Hall–Kier alpha value is -11.6. The van der Waals surface area contributed by atoms with Gasteiger partial charge < -0.3 is 37.9 Å². The van der Waals surface area contributed by atoms with Crippen LogP contribution in [-0.2, 0) is 54.5 Å². The lowest BCUT2D eigenvalue weighted by Crippen LogP contribution is -2.59. The highest BCUT2D eigenvalue weighted by Crippen LogP contribution is 2.60. The zero-order valence-corrected chi connectivity index (χ0v) is 93.7. The van der Waals surface area contributed by atoms with E-state index in [1.165, 1.54) is 125 Å². The quantitative estimate of drug-likeness (QED) is 0.0472. The molecule has 15 aromatic carbocycles. The van der Waals surface area contributed by atoms with E-state index < -0.39 is 0 Å². The molecule has 0 spiro atoms. The summed E-state index contributed by atoms with van der Waals surface area (Å²) in [5, 5.41) is 0. The maximum atomic E-state index is 6.83. The Labute approximate surface area is 888 Å². The molecule has 5 saturated carbocycles. The standard InChI is InChI=1S/C30H39O3S.C29H31OS.C26H31O2S.C25H27OS.C23H25OS/c1-28(2,3)31-22-10-16-25(17-11-22)34(26-18-12-23(13-19-26)32-29(4,5)6)27-20-14-24(15-21-27)33-30(7,8)9;1-29(23-17-21-16-22(19-23)20-24(29)18-21)30-25-12-14-28(15-13-25)31(26-8-4-2-5-9-26)27-10-6-3-7-11-27;1-25(2,3)27-20-12-16-23(17-13-20)29(22-10-8-7-9-11-22)24-18-14-21(15-19-24)28-26(4,5)6;1-25(19-9-4-10-20-25)26-21-15-17-24(18-16-21)27(22-11-5-2-6-12-22)23-13-7-3-8-14-23;1-4-23(2,3)24-19-15-17-22(18-16-19)25(20-11-7-5-8-12-20)21-13-9-6-10-14-21/h10-21H,1-9H3;2-15,21-24H,16-20H2,1H3;7-19H,1-6H3;2-3,5-8,11-18H,4,9-10,19-20H2,1H3;5-18H,4H2,1-3H3/q5*+1. The van der Waals surface area contributed by atoms with Crippen LogP contribution in [0.2, 0.25) is 0 Å². The summed E-state index contributed by atoms with van der Waals surface area (Å²) in [5.41, 5.74) is -1.20. The maximum Gasteiger partial charge on any atom is 0.166 e. The Morgan fingerprint density at radius 3 is 0.562 bits per heavy atom. The molecule has 5 aliphatic carbocycles. The molecule has 0 saturated heterocycles. The van der Waals surface area contributed by atoms with Gasteiger partial charge in [0.15, 0.2) is 73.4 Å². The van der Waals surface area contributed by atoms with E-state index in [9.17, 15) is 0 Å². The Balaban J connectivity index is 0.000000137. The summed E-state index contributed by atoms with van der Waals surface area (Å²) in [7, 11) is -0.762. The minimum absolute atomic E-state index is 0.000311. The fourth-order valence-corrected chi connectivity index (χ4v) is 29.8. The molecule has 0 unspecified atom stereocenters. The highest BCUT2D eigenvalue weighted by atomic mass is 32.2. The summed E-state index contributed by atoms with van der Waals surface area (Å²) in [6.45, 7) is 42.0. The fourth-order valence-electron chi connectivity index (χ4n) is 19.5. The molecule has 0 aromatic heterocycles. The van der Waals surface area contributed by atoms with Crippen LogP contribution in [0.5, 0.6) is 46.0 Å². The van der Waals surface area contributed by atoms with Gasteiger partial charge in [-0.1, -0.05) is 141 Å². The summed E-state index contributed by atoms with van der Waals surface area (Å²) < 4.78 is 49.4. The molecule has 0 atom stereocenters. The van der Waals surface area contributed by atoms with Gasteiger partial charge >= 0.3 is 0 Å². The van der Waals surface area contributed by atoms with Gasteiger partial charge in [-0.05, 0) is 498 Å². The summed E-state index contributed by atoms with van der Waals surface area (Å²) in [6, 6.07) is 144. The number of rotatable bonds is 27. The maximum absolute atomic E-state index is 6.83. The van der Waals surface area contributed by atoms with E-state index in [0.717, 1.165) is 88.9 Å². The summed E-state index contributed by atoms with van der Waals surface area (Å²) in [6.07, 6.45) is 14.2. The SMILES string of the molecule is CC(C)(C)Oc1ccc([S+](c2ccc(OC(C)(C)C)cc2)c2ccc(OC(C)(C)C)cc2)cc1.CC(C)(C)Oc1ccc([S+](c2ccccc2)c2ccc(OC(C)(C)C)cc2)cc1.CC1(Oc2ccc([S+](c3ccccc3)c3ccccc3)cc2)C2CC3CC(C2)CC1C3.CC1(Oc2ccc([S+](c3ccccc3)c3ccccc3)cc2)CCCCC1.CCC(C)(C)Oc1ccc([S+](c2ccccc2)c2ccccc2)cc1. The molecule has 15 aromatic rings. The van der Waals surface area contributed by atoms with Crippen LogP contribution in [0, 0.1) is 23.7 Å². The molecule has 13 heteroatoms. The van der Waals surface area contributed by atoms with E-state index in [1.54, 1.807) is 0 Å². The van der Waals surface area contributed by atoms with Gasteiger partial charge in [-0.2, -0.15) is 0 Å². The van der Waals surface area contributed by atoms with E-state index in [0.29, 0.717) is 0 Å². The van der Waals surface area contributed by atoms with Crippen molar-refractivity contribution >= 4 is 54.5 Å². The smallest absolute Gasteiger partial charge is 0.166 e. The van der Waals surface area contributed by atoms with Crippen molar-refractivity contribution in [1.82, 2.24) is 0 Å². The average Bonchev–Trinajstić information content (AvgIpc) is 0.728. The largest absolute Gasteiger partial charge is 0.488 e. The van der Waals surface area contributed by atoms with Crippen molar-refractivity contribution in [2.75, 3.05) is 0 Å². The molecule has 0 aliphatic heterocycles. The van der Waals surface area contributed by atoms with Gasteiger partial charge in [-0.3, -0.25) is 0 Å². The van der Waals surface area contributed by atoms with Crippen molar-refractivity contribution in [2.45, 2.75) is 327 Å². The van der Waals surface area contributed by atoms with Gasteiger partial charge in [0, 0.05) is 0 Å². The van der Waals surface area contributed by atoms with Gasteiger partial charge in [-0.15, -0.1) is 0 Å². The molecular weight excluding hydrogens is 1890 g/mol. The third-order valence-corrected chi connectivity index (χ3v) is 37.2. The highest BCUT2D eigenvalue weighted by Gasteiger charge is 2.57. The van der Waals surface area contributed by atoms with E-state index in [4.69, 9.17) is 37.9 Å². The predicted molar refractivity (Wildman–Crippen MR) is 613 cm³/mol. The van der Waals surface area contributed by atoms with Crippen molar-refractivity contribution in [3.63, 3.8) is 0 Å². The summed E-state index contributed by atoms with van der Waals surface area (Å²) >= 11 is 0. The topological polar surface area (TPSA) is 73.8 Å². The van der Waals surface area contributed by atoms with Crippen LogP contribution >= 0.6 is 0 Å². The Kier molecular flexibility index (Phi) is 36.5. The Morgan fingerprint density at radius 1 is 0.205 bits per heavy atom. The second kappa shape index (κ2) is 49.1. The molecule has 758 valence electrons. The molecule has 0 N–H and O–H groups in total. The minimum Gasteiger partial charge on any atom is -0.488 e. The number of hydrogen-bond acceptors (Lipinski definition) is 8. The number of hydrogen-bond donors (Lipinski definition) is 0. The van der Waals surface area contributed by atoms with Crippen molar-refractivity contribution < 1.29 is 37.9 Å². The first-order valence-electron chi connectivity index (χ1n) is 52.2. The fraction of sp³-hybridized carbons (Fsp3) is 0.323. The van der Waals surface area contributed by atoms with Gasteiger partial charge in [-0.25, -0.2) is 0 Å². The molecule has 0 heterocycles. The molecule has 0 radical (unpaired) electrons. The zero-order chi connectivity index (χ0) is 103. The molecule has 5 aliphatic rings. The zero-order valence-electron chi connectivity index (χ0n) is 89.6. The molecule has 146 heavy (non-hydrogen) atoms. The highest BCUT2D eigenvalue weighted by molar-refractivity contribution is 7.98. The molecule has 20 rings (SSSR count). The predicted octanol–water partition coefficient (Wildman–Crippen LogP) is 36.1. The van der Waals surface area contributed by atoms with Crippen LogP contribution < -0.4 is 37.9 Å². The first-order chi connectivity index (χ1) is 69.8. The van der Waals surface area contributed by atoms with Crippen LogP contribution in [0.4, 0.5) is 0 Å². The lowest BCUT2D eigenvalue weighted by molar-refractivity contribution is -0.145. The lowest BCUT2D eigenvalue weighted by atomic mass is 9.50. The van der Waals surface area contributed by atoms with Gasteiger partial charge in [0.2, 0.25) is 0 Å². The second-order valence-electron chi connectivity index (χ2n) is 44.5. The molecule has 5 fully saturated rings. The average molecular weight is 2040 g/mol. The molecule has 8 nitrogen and oxygen atoms in total. The van der Waals surface area contributed by atoms with Gasteiger partial charge in [0.05, 0.1) is 54.5 Å². The van der Waals surface area contributed by atoms with E-state index in [2.05, 4.69) is 545 Å². The van der Waals surface area contributed by atoms with Crippen molar-refractivity contribution in [2.24, 2.45) is 23.7 Å². The summed E-state index contributed by atoms with van der Waals surface area (Å²) in [5.74, 6) is 10.8. The Morgan fingerprint density at radius 2 is 0.377 bits per heavy atom. The molecular formula is C133H153O8S5+5. The first kappa shape index (κ1) is 109. The third-order valence-electron chi connectivity index (χ3n) is 26.1. The lowest BCUT2D eigenvalue weighted by Gasteiger charge is -2.59. The van der Waals surface area contributed by atoms with Crippen molar-refractivity contribution in [3.05, 3.63) is 406 Å². The van der Waals surface area contributed by atoms with Crippen molar-refractivity contribution in [1.29, 1.82) is 0 Å². The van der Waals surface area contributed by atoms with E-state index in [-0.39, 0.29) is 99.3 Å². The van der Waals surface area contributed by atoms with Crippen LogP contribution in [0.25, 0.3) is 0 Å². The van der Waals surface area contributed by atoms with Crippen LogP contribution in [0.3, 0.4) is 0 Å². The van der Waals surface area contributed by atoms with Crippen LogP contribution in [0.1, 0.15) is 209 Å². The van der Waals surface area contributed by atoms with Crippen LogP contribution in [-0.4, -0.2) is 44.8 Å².